The fourth-order valence-corrected chi connectivity index (χ4v) is 4.65. The smallest absolute Gasteiger partial charge is 0.240 e. The zero-order chi connectivity index (χ0) is 14.6. The van der Waals surface area contributed by atoms with Crippen molar-refractivity contribution in [2.75, 3.05) is 0 Å². The maximum atomic E-state index is 13.3. The predicted octanol–water partition coefficient (Wildman–Crippen LogP) is 2.58. The molecule has 112 valence electrons. The van der Waals surface area contributed by atoms with Crippen molar-refractivity contribution < 1.29 is 9.18 Å². The van der Waals surface area contributed by atoms with Crippen LogP contribution in [0.15, 0.2) is 18.2 Å². The van der Waals surface area contributed by atoms with E-state index in [2.05, 4.69) is 0 Å². The Kier molecular flexibility index (Phi) is 2.86. The summed E-state index contributed by atoms with van der Waals surface area (Å²) in [6.45, 7) is 1.07. The third-order valence-corrected chi connectivity index (χ3v) is 5.92. The molecule has 2 N–H and O–H groups in total. The van der Waals surface area contributed by atoms with Crippen LogP contribution in [0, 0.1) is 17.2 Å². The molecule has 0 unspecified atom stereocenters. The SMILES string of the molecule is N[C@H](C(=O)N1Cc2ccc(F)cc2C1)C12CCC(CC1)C2. The average Bonchev–Trinajstić information content (AvgIpc) is 3.19. The summed E-state index contributed by atoms with van der Waals surface area (Å²) in [7, 11) is 0. The predicted molar refractivity (Wildman–Crippen MR) is 77.6 cm³/mol. The highest BCUT2D eigenvalue weighted by Gasteiger charge is 2.51. The van der Waals surface area contributed by atoms with Crippen molar-refractivity contribution in [3.63, 3.8) is 0 Å². The first-order chi connectivity index (χ1) is 10.1. The van der Waals surface area contributed by atoms with E-state index in [-0.39, 0.29) is 23.2 Å². The molecule has 4 rings (SSSR count). The van der Waals surface area contributed by atoms with Crippen molar-refractivity contribution in [2.24, 2.45) is 17.1 Å². The Hall–Kier alpha value is -1.42. The molecule has 1 heterocycles. The van der Waals surface area contributed by atoms with Crippen LogP contribution in [0.4, 0.5) is 4.39 Å². The lowest BCUT2D eigenvalue weighted by molar-refractivity contribution is -0.136. The normalized spacial score (nSPS) is 31.5. The summed E-state index contributed by atoms with van der Waals surface area (Å²) in [5.41, 5.74) is 8.38. The van der Waals surface area contributed by atoms with Gasteiger partial charge in [-0.1, -0.05) is 6.07 Å². The first-order valence-electron chi connectivity index (χ1n) is 7.89. The molecule has 2 fully saturated rings. The van der Waals surface area contributed by atoms with E-state index in [1.807, 2.05) is 0 Å². The van der Waals surface area contributed by atoms with Gasteiger partial charge in [-0.3, -0.25) is 4.79 Å². The number of fused-ring (bicyclic) bond motifs is 3. The quantitative estimate of drug-likeness (QED) is 0.909. The van der Waals surface area contributed by atoms with Crippen LogP contribution in [-0.2, 0) is 17.9 Å². The molecule has 2 aliphatic carbocycles. The Morgan fingerprint density at radius 3 is 2.67 bits per heavy atom. The molecular formula is C17H21FN2O. The van der Waals surface area contributed by atoms with E-state index in [1.165, 1.54) is 25.0 Å². The Morgan fingerprint density at radius 1 is 1.29 bits per heavy atom. The highest BCUT2D eigenvalue weighted by atomic mass is 19.1. The number of carbonyl (C=O) groups excluding carboxylic acids is 1. The number of hydrogen-bond donors (Lipinski definition) is 1. The largest absolute Gasteiger partial charge is 0.333 e. The van der Waals surface area contributed by atoms with E-state index in [9.17, 15) is 9.18 Å². The minimum atomic E-state index is -0.385. The van der Waals surface area contributed by atoms with Crippen LogP contribution in [-0.4, -0.2) is 16.8 Å². The fourth-order valence-electron chi connectivity index (χ4n) is 4.65. The molecule has 3 nitrogen and oxygen atoms in total. The van der Waals surface area contributed by atoms with Gasteiger partial charge in [-0.2, -0.15) is 0 Å². The third kappa shape index (κ3) is 2.00. The molecule has 1 aromatic rings. The Bertz CT molecular complexity index is 592. The number of rotatable bonds is 2. The highest BCUT2D eigenvalue weighted by Crippen LogP contribution is 2.55. The molecule has 3 aliphatic rings. The van der Waals surface area contributed by atoms with Crippen molar-refractivity contribution in [1.82, 2.24) is 4.90 Å². The number of hydrogen-bond acceptors (Lipinski definition) is 2. The van der Waals surface area contributed by atoms with E-state index in [0.717, 1.165) is 36.3 Å². The molecule has 21 heavy (non-hydrogen) atoms. The van der Waals surface area contributed by atoms with Crippen molar-refractivity contribution in [2.45, 2.75) is 51.2 Å². The highest BCUT2D eigenvalue weighted by molar-refractivity contribution is 5.83. The maximum absolute atomic E-state index is 13.3. The third-order valence-electron chi connectivity index (χ3n) is 5.92. The Morgan fingerprint density at radius 2 is 2.00 bits per heavy atom. The standard InChI is InChI=1S/C17H21FN2O/c18-14-2-1-12-9-20(10-13(12)7-14)16(21)15(19)17-5-3-11(8-17)4-6-17/h1-2,7,11,15H,3-6,8-10,19H2/t11?,15-,17?/m1/s1. The zero-order valence-corrected chi connectivity index (χ0v) is 12.1. The summed E-state index contributed by atoms with van der Waals surface area (Å²) in [6, 6.07) is 4.39. The molecule has 0 spiro atoms. The second-order valence-corrected chi connectivity index (χ2v) is 7.09. The molecular weight excluding hydrogens is 267 g/mol. The van der Waals surface area contributed by atoms with E-state index in [0.29, 0.717) is 13.1 Å². The molecule has 0 aromatic heterocycles. The second kappa shape index (κ2) is 4.54. The van der Waals surface area contributed by atoms with Gasteiger partial charge in [-0.05, 0) is 66.7 Å². The molecule has 1 aliphatic heterocycles. The Labute approximate surface area is 124 Å². The van der Waals surface area contributed by atoms with Crippen LogP contribution in [0.25, 0.3) is 0 Å². The lowest BCUT2D eigenvalue weighted by Gasteiger charge is -2.34. The van der Waals surface area contributed by atoms with Crippen molar-refractivity contribution in [1.29, 1.82) is 0 Å². The molecule has 1 aromatic carbocycles. The number of halogens is 1. The van der Waals surface area contributed by atoms with Gasteiger partial charge < -0.3 is 10.6 Å². The van der Waals surface area contributed by atoms with E-state index in [4.69, 9.17) is 5.73 Å². The van der Waals surface area contributed by atoms with Gasteiger partial charge in [-0.25, -0.2) is 4.39 Å². The molecule has 1 amide bonds. The summed E-state index contributed by atoms with van der Waals surface area (Å²) in [5, 5.41) is 0. The molecule has 2 saturated carbocycles. The average molecular weight is 288 g/mol. The number of amides is 1. The fraction of sp³-hybridized carbons (Fsp3) is 0.588. The van der Waals surface area contributed by atoms with Gasteiger partial charge in [0.15, 0.2) is 0 Å². The summed E-state index contributed by atoms with van der Waals surface area (Å²) in [6.07, 6.45) is 5.77. The van der Waals surface area contributed by atoms with Gasteiger partial charge in [0.25, 0.3) is 0 Å². The number of nitrogens with two attached hydrogens (primary N) is 1. The molecule has 0 radical (unpaired) electrons. The van der Waals surface area contributed by atoms with E-state index in [1.54, 1.807) is 11.0 Å². The van der Waals surface area contributed by atoms with Gasteiger partial charge in [-0.15, -0.1) is 0 Å². The van der Waals surface area contributed by atoms with E-state index < -0.39 is 0 Å². The second-order valence-electron chi connectivity index (χ2n) is 7.09. The molecule has 0 saturated heterocycles. The van der Waals surface area contributed by atoms with Gasteiger partial charge >= 0.3 is 0 Å². The summed E-state index contributed by atoms with van der Waals surface area (Å²) in [4.78, 5) is 14.6. The summed E-state index contributed by atoms with van der Waals surface area (Å²) in [5.74, 6) is 0.600. The topological polar surface area (TPSA) is 46.3 Å². The number of nitrogens with zero attached hydrogens (tertiary/aromatic N) is 1. The van der Waals surface area contributed by atoms with Crippen molar-refractivity contribution >= 4 is 5.91 Å². The van der Waals surface area contributed by atoms with Gasteiger partial charge in [0.1, 0.15) is 5.82 Å². The van der Waals surface area contributed by atoms with Gasteiger partial charge in [0, 0.05) is 13.1 Å². The zero-order valence-electron chi connectivity index (χ0n) is 12.1. The molecule has 2 bridgehead atoms. The maximum Gasteiger partial charge on any atom is 0.240 e. The summed E-state index contributed by atoms with van der Waals surface area (Å²) >= 11 is 0. The Balaban J connectivity index is 1.52. The number of carbonyl (C=O) groups is 1. The van der Waals surface area contributed by atoms with Crippen molar-refractivity contribution in [3.8, 4) is 0 Å². The minimum Gasteiger partial charge on any atom is -0.333 e. The molecule has 4 heteroatoms. The van der Waals surface area contributed by atoms with Gasteiger partial charge in [0.05, 0.1) is 6.04 Å². The molecule has 1 atom stereocenters. The van der Waals surface area contributed by atoms with Crippen LogP contribution in [0.2, 0.25) is 0 Å². The van der Waals surface area contributed by atoms with Crippen LogP contribution >= 0.6 is 0 Å². The first kappa shape index (κ1) is 13.3. The van der Waals surface area contributed by atoms with Crippen LogP contribution in [0.3, 0.4) is 0 Å². The van der Waals surface area contributed by atoms with E-state index >= 15 is 0 Å². The monoisotopic (exact) mass is 288 g/mol. The van der Waals surface area contributed by atoms with Crippen LogP contribution < -0.4 is 5.73 Å². The first-order valence-corrected chi connectivity index (χ1v) is 7.89. The lowest BCUT2D eigenvalue weighted by atomic mass is 9.77. The van der Waals surface area contributed by atoms with Crippen LogP contribution in [0.1, 0.15) is 43.2 Å². The summed E-state index contributed by atoms with van der Waals surface area (Å²) < 4.78 is 13.3. The lowest BCUT2D eigenvalue weighted by Crippen LogP contribution is -2.50. The number of benzene rings is 1. The van der Waals surface area contributed by atoms with Gasteiger partial charge in [0.2, 0.25) is 5.91 Å². The van der Waals surface area contributed by atoms with Crippen LogP contribution in [0.5, 0.6) is 0 Å². The minimum absolute atomic E-state index is 0.0434. The van der Waals surface area contributed by atoms with Crippen molar-refractivity contribution in [3.05, 3.63) is 35.1 Å².